The molecule has 2 rings (SSSR count). The standard InChI is InChI=1S/C13H18FNO2S/c1-18(16,17)11-6-4-5-10(14)12(11)13(9-15)7-2-3-8-13/h4-6H,2-3,7-9,15H2,1H3. The molecule has 0 heterocycles. The fraction of sp³-hybridized carbons (Fsp3) is 0.538. The van der Waals surface area contributed by atoms with Gasteiger partial charge in [0.2, 0.25) is 0 Å². The average molecular weight is 271 g/mol. The van der Waals surface area contributed by atoms with E-state index in [0.717, 1.165) is 31.9 Å². The van der Waals surface area contributed by atoms with Crippen LogP contribution in [0.4, 0.5) is 4.39 Å². The molecule has 1 fully saturated rings. The van der Waals surface area contributed by atoms with Crippen LogP contribution in [0.15, 0.2) is 23.1 Å². The molecule has 0 aromatic heterocycles. The predicted octanol–water partition coefficient (Wildman–Crippen LogP) is 2.00. The number of hydrogen-bond donors (Lipinski definition) is 1. The lowest BCUT2D eigenvalue weighted by atomic mass is 9.78. The van der Waals surface area contributed by atoms with Gasteiger partial charge < -0.3 is 5.73 Å². The van der Waals surface area contributed by atoms with E-state index < -0.39 is 21.1 Å². The van der Waals surface area contributed by atoms with Crippen molar-refractivity contribution >= 4 is 9.84 Å². The summed E-state index contributed by atoms with van der Waals surface area (Å²) in [6.45, 7) is 0.288. The molecular weight excluding hydrogens is 253 g/mol. The van der Waals surface area contributed by atoms with Gasteiger partial charge in [-0.15, -0.1) is 0 Å². The molecule has 0 bridgehead atoms. The molecule has 1 aromatic rings. The van der Waals surface area contributed by atoms with E-state index in [1.165, 1.54) is 18.2 Å². The van der Waals surface area contributed by atoms with E-state index in [0.29, 0.717) is 5.56 Å². The topological polar surface area (TPSA) is 60.2 Å². The Hall–Kier alpha value is -0.940. The third-order valence-corrected chi connectivity index (χ3v) is 5.00. The van der Waals surface area contributed by atoms with Crippen molar-refractivity contribution in [1.29, 1.82) is 0 Å². The lowest BCUT2D eigenvalue weighted by Gasteiger charge is -2.30. The highest BCUT2D eigenvalue weighted by Crippen LogP contribution is 2.43. The maximum absolute atomic E-state index is 14.1. The highest BCUT2D eigenvalue weighted by Gasteiger charge is 2.39. The van der Waals surface area contributed by atoms with Gasteiger partial charge in [-0.2, -0.15) is 0 Å². The summed E-state index contributed by atoms with van der Waals surface area (Å²) in [6.07, 6.45) is 4.56. The zero-order chi connectivity index (χ0) is 13.4. The van der Waals surface area contributed by atoms with E-state index >= 15 is 0 Å². The maximum Gasteiger partial charge on any atom is 0.175 e. The van der Waals surface area contributed by atoms with Crippen molar-refractivity contribution in [2.45, 2.75) is 36.0 Å². The number of halogens is 1. The zero-order valence-corrected chi connectivity index (χ0v) is 11.3. The van der Waals surface area contributed by atoms with Crippen LogP contribution in [0.1, 0.15) is 31.2 Å². The summed E-state index contributed by atoms with van der Waals surface area (Å²) in [5, 5.41) is 0. The van der Waals surface area contributed by atoms with E-state index in [1.807, 2.05) is 0 Å². The lowest BCUT2D eigenvalue weighted by Crippen LogP contribution is -2.34. The SMILES string of the molecule is CS(=O)(=O)c1cccc(F)c1C1(CN)CCCC1. The average Bonchev–Trinajstić information content (AvgIpc) is 2.77. The maximum atomic E-state index is 14.1. The Kier molecular flexibility index (Phi) is 3.47. The highest BCUT2D eigenvalue weighted by molar-refractivity contribution is 7.90. The van der Waals surface area contributed by atoms with Crippen LogP contribution >= 0.6 is 0 Å². The first-order valence-corrected chi connectivity index (χ1v) is 7.99. The van der Waals surface area contributed by atoms with Gasteiger partial charge >= 0.3 is 0 Å². The van der Waals surface area contributed by atoms with Crippen molar-refractivity contribution in [3.05, 3.63) is 29.6 Å². The Morgan fingerprint density at radius 2 is 1.94 bits per heavy atom. The second-order valence-corrected chi connectivity index (χ2v) is 7.06. The van der Waals surface area contributed by atoms with Crippen LogP contribution in [0.2, 0.25) is 0 Å². The summed E-state index contributed by atoms with van der Waals surface area (Å²) in [4.78, 5) is 0.0925. The molecular formula is C13H18FNO2S. The molecule has 0 aliphatic heterocycles. The molecule has 18 heavy (non-hydrogen) atoms. The molecule has 0 amide bonds. The Labute approximate surface area is 107 Å². The molecule has 3 nitrogen and oxygen atoms in total. The first-order valence-electron chi connectivity index (χ1n) is 6.10. The van der Waals surface area contributed by atoms with Crippen LogP contribution in [0.25, 0.3) is 0 Å². The minimum absolute atomic E-state index is 0.0925. The molecule has 0 radical (unpaired) electrons. The van der Waals surface area contributed by atoms with Crippen molar-refractivity contribution in [2.75, 3.05) is 12.8 Å². The van der Waals surface area contributed by atoms with E-state index in [1.54, 1.807) is 0 Å². The van der Waals surface area contributed by atoms with Crippen molar-refractivity contribution in [2.24, 2.45) is 5.73 Å². The first kappa shape index (κ1) is 13.5. The fourth-order valence-electron chi connectivity index (χ4n) is 2.94. The van der Waals surface area contributed by atoms with E-state index in [9.17, 15) is 12.8 Å². The molecule has 0 spiro atoms. The summed E-state index contributed by atoms with van der Waals surface area (Å²) >= 11 is 0. The lowest BCUT2D eigenvalue weighted by molar-refractivity contribution is 0.416. The minimum atomic E-state index is -3.44. The first-order chi connectivity index (χ1) is 8.41. The molecule has 1 aliphatic carbocycles. The summed E-state index contributed by atoms with van der Waals surface area (Å²) in [5.41, 5.74) is 5.61. The van der Waals surface area contributed by atoms with Crippen molar-refractivity contribution in [1.82, 2.24) is 0 Å². The smallest absolute Gasteiger partial charge is 0.175 e. The van der Waals surface area contributed by atoms with Gasteiger partial charge in [0.15, 0.2) is 9.84 Å². The summed E-state index contributed by atoms with van der Waals surface area (Å²) in [5.74, 6) is -0.453. The Morgan fingerprint density at radius 1 is 1.33 bits per heavy atom. The number of rotatable bonds is 3. The van der Waals surface area contributed by atoms with Gasteiger partial charge in [-0.1, -0.05) is 18.9 Å². The van der Waals surface area contributed by atoms with Crippen LogP contribution in [-0.2, 0) is 15.3 Å². The minimum Gasteiger partial charge on any atom is -0.330 e. The van der Waals surface area contributed by atoms with Crippen LogP contribution in [0.5, 0.6) is 0 Å². The van der Waals surface area contributed by atoms with Crippen LogP contribution in [0, 0.1) is 5.82 Å². The molecule has 2 N–H and O–H groups in total. The number of sulfone groups is 1. The molecule has 5 heteroatoms. The van der Waals surface area contributed by atoms with Gasteiger partial charge in [-0.25, -0.2) is 12.8 Å². The highest BCUT2D eigenvalue weighted by atomic mass is 32.2. The number of hydrogen-bond acceptors (Lipinski definition) is 3. The van der Waals surface area contributed by atoms with Crippen LogP contribution in [0.3, 0.4) is 0 Å². The molecule has 0 unspecified atom stereocenters. The molecule has 100 valence electrons. The van der Waals surface area contributed by atoms with Crippen LogP contribution in [-0.4, -0.2) is 21.2 Å². The summed E-state index contributed by atoms with van der Waals surface area (Å²) in [7, 11) is -3.44. The quantitative estimate of drug-likeness (QED) is 0.914. The van der Waals surface area contributed by atoms with Gasteiger partial charge in [0.05, 0.1) is 4.90 Å². The van der Waals surface area contributed by atoms with Gasteiger partial charge in [0, 0.05) is 23.8 Å². The molecule has 1 saturated carbocycles. The number of benzene rings is 1. The van der Waals surface area contributed by atoms with Gasteiger partial charge in [-0.05, 0) is 25.0 Å². The summed E-state index contributed by atoms with van der Waals surface area (Å²) < 4.78 is 37.8. The Bertz CT molecular complexity index is 548. The van der Waals surface area contributed by atoms with Crippen molar-refractivity contribution in [3.8, 4) is 0 Å². The normalized spacial score (nSPS) is 19.1. The Balaban J connectivity index is 2.69. The number of nitrogens with two attached hydrogens (primary N) is 1. The van der Waals surface area contributed by atoms with Crippen LogP contribution < -0.4 is 5.73 Å². The zero-order valence-electron chi connectivity index (χ0n) is 10.4. The predicted molar refractivity (Wildman–Crippen MR) is 68.7 cm³/mol. The van der Waals surface area contributed by atoms with Crippen molar-refractivity contribution < 1.29 is 12.8 Å². The van der Waals surface area contributed by atoms with E-state index in [4.69, 9.17) is 5.73 Å². The second kappa shape index (κ2) is 4.63. The van der Waals surface area contributed by atoms with Gasteiger partial charge in [0.25, 0.3) is 0 Å². The van der Waals surface area contributed by atoms with E-state index in [2.05, 4.69) is 0 Å². The van der Waals surface area contributed by atoms with E-state index in [-0.39, 0.29) is 11.4 Å². The third kappa shape index (κ3) is 2.17. The van der Waals surface area contributed by atoms with Gasteiger partial charge in [-0.3, -0.25) is 0 Å². The molecule has 0 saturated heterocycles. The Morgan fingerprint density at radius 3 is 2.44 bits per heavy atom. The largest absolute Gasteiger partial charge is 0.330 e. The fourth-order valence-corrected chi connectivity index (χ4v) is 3.95. The summed E-state index contributed by atoms with van der Waals surface area (Å²) in [6, 6.07) is 4.23. The van der Waals surface area contributed by atoms with Gasteiger partial charge in [0.1, 0.15) is 5.82 Å². The monoisotopic (exact) mass is 271 g/mol. The second-order valence-electron chi connectivity index (χ2n) is 5.08. The van der Waals surface area contributed by atoms with Crippen molar-refractivity contribution in [3.63, 3.8) is 0 Å². The third-order valence-electron chi connectivity index (χ3n) is 3.86. The molecule has 0 atom stereocenters. The molecule has 1 aromatic carbocycles. The molecule has 1 aliphatic rings.